The van der Waals surface area contributed by atoms with Crippen LogP contribution in [-0.4, -0.2) is 11.9 Å². The van der Waals surface area contributed by atoms with E-state index in [1.54, 1.807) is 18.2 Å². The molecule has 2 aromatic carbocycles. The van der Waals surface area contributed by atoms with Gasteiger partial charge >= 0.3 is 0 Å². The summed E-state index contributed by atoms with van der Waals surface area (Å²) in [6.45, 7) is 6.28. The number of anilines is 1. The van der Waals surface area contributed by atoms with Crippen molar-refractivity contribution in [1.29, 1.82) is 0 Å². The molecule has 120 valence electrons. The molecule has 0 aliphatic rings. The number of hydrogen-bond donors (Lipinski definition) is 1. The molecule has 0 spiro atoms. The Morgan fingerprint density at radius 2 is 1.65 bits per heavy atom. The van der Waals surface area contributed by atoms with Crippen LogP contribution in [0, 0.1) is 0 Å². The largest absolute Gasteiger partial charge is 0.545 e. The third-order valence-electron chi connectivity index (χ3n) is 3.46. The number of carbonyl (C=O) groups is 2. The number of aromatic carboxylic acids is 1. The fourth-order valence-corrected chi connectivity index (χ4v) is 2.47. The average molecular weight is 375 g/mol. The molecule has 0 unspecified atom stereocenters. The zero-order valence-corrected chi connectivity index (χ0v) is 14.7. The van der Waals surface area contributed by atoms with Gasteiger partial charge in [0.1, 0.15) is 0 Å². The Bertz CT molecular complexity index is 746. The minimum atomic E-state index is -1.34. The number of carbonyl (C=O) groups excluding carboxylic acids is 2. The van der Waals surface area contributed by atoms with E-state index in [4.69, 9.17) is 0 Å². The summed E-state index contributed by atoms with van der Waals surface area (Å²) in [7, 11) is 0. The first kappa shape index (κ1) is 17.2. The summed E-state index contributed by atoms with van der Waals surface area (Å²) in [5, 5.41) is 13.8. The fourth-order valence-electron chi connectivity index (χ4n) is 2.11. The van der Waals surface area contributed by atoms with E-state index in [2.05, 4.69) is 42.0 Å². The van der Waals surface area contributed by atoms with Gasteiger partial charge in [0.2, 0.25) is 0 Å². The van der Waals surface area contributed by atoms with Crippen LogP contribution in [0.4, 0.5) is 5.69 Å². The van der Waals surface area contributed by atoms with Gasteiger partial charge in [0.25, 0.3) is 5.91 Å². The van der Waals surface area contributed by atoms with Crippen LogP contribution >= 0.6 is 15.9 Å². The fraction of sp³-hybridized carbons (Fsp3) is 0.222. The second-order valence-electron chi connectivity index (χ2n) is 6.26. The Morgan fingerprint density at radius 3 is 2.17 bits per heavy atom. The van der Waals surface area contributed by atoms with Gasteiger partial charge in [-0.2, -0.15) is 0 Å². The maximum Gasteiger partial charge on any atom is 0.255 e. The van der Waals surface area contributed by atoms with Crippen molar-refractivity contribution in [3.63, 3.8) is 0 Å². The van der Waals surface area contributed by atoms with Crippen molar-refractivity contribution in [3.8, 4) is 0 Å². The Hall–Kier alpha value is -2.14. The predicted octanol–water partition coefficient (Wildman–Crippen LogP) is 3.36. The van der Waals surface area contributed by atoms with Crippen LogP contribution in [0.3, 0.4) is 0 Å². The Labute approximate surface area is 143 Å². The van der Waals surface area contributed by atoms with Crippen LogP contribution in [0.25, 0.3) is 0 Å². The molecule has 5 heteroatoms. The molecule has 1 N–H and O–H groups in total. The molecule has 0 radical (unpaired) electrons. The first-order chi connectivity index (χ1) is 10.7. The third kappa shape index (κ3) is 4.20. The van der Waals surface area contributed by atoms with Crippen LogP contribution in [0.2, 0.25) is 0 Å². The van der Waals surface area contributed by atoms with Crippen molar-refractivity contribution in [2.45, 2.75) is 26.2 Å². The van der Waals surface area contributed by atoms with Crippen molar-refractivity contribution in [2.24, 2.45) is 0 Å². The second-order valence-corrected chi connectivity index (χ2v) is 7.17. The van der Waals surface area contributed by atoms with Gasteiger partial charge < -0.3 is 15.2 Å². The van der Waals surface area contributed by atoms with E-state index >= 15 is 0 Å². The highest BCUT2D eigenvalue weighted by Gasteiger charge is 2.15. The number of hydrogen-bond acceptors (Lipinski definition) is 3. The first-order valence-electron chi connectivity index (χ1n) is 7.11. The van der Waals surface area contributed by atoms with Crippen LogP contribution in [-0.2, 0) is 5.41 Å². The van der Waals surface area contributed by atoms with Gasteiger partial charge in [-0.3, -0.25) is 4.79 Å². The zero-order chi connectivity index (χ0) is 17.2. The Balaban J connectivity index is 2.24. The van der Waals surface area contributed by atoms with E-state index in [1.165, 1.54) is 12.1 Å². The minimum Gasteiger partial charge on any atom is -0.545 e. The molecule has 0 fully saturated rings. The predicted molar refractivity (Wildman–Crippen MR) is 91.6 cm³/mol. The van der Waals surface area contributed by atoms with Gasteiger partial charge in [-0.05, 0) is 41.3 Å². The topological polar surface area (TPSA) is 69.2 Å². The summed E-state index contributed by atoms with van der Waals surface area (Å²) >= 11 is 3.20. The molecule has 0 saturated heterocycles. The van der Waals surface area contributed by atoms with E-state index in [9.17, 15) is 14.7 Å². The monoisotopic (exact) mass is 374 g/mol. The molecular formula is C18H17BrNO3-. The number of amides is 1. The van der Waals surface area contributed by atoms with Crippen molar-refractivity contribution in [1.82, 2.24) is 0 Å². The third-order valence-corrected chi connectivity index (χ3v) is 3.96. The molecular weight excluding hydrogens is 358 g/mol. The standard InChI is InChI=1S/C18H18BrNO3/c1-18(2,3)12-6-4-11(5-7-12)16(21)20-15-9-8-13(19)10-14(15)17(22)23/h4-10H,1-3H3,(H,20,21)(H,22,23)/p-1. The Morgan fingerprint density at radius 1 is 1.04 bits per heavy atom. The highest BCUT2D eigenvalue weighted by molar-refractivity contribution is 9.10. The molecule has 2 rings (SSSR count). The normalized spacial score (nSPS) is 11.1. The van der Waals surface area contributed by atoms with Gasteiger partial charge in [-0.1, -0.05) is 48.8 Å². The number of nitrogens with one attached hydrogen (secondary N) is 1. The lowest BCUT2D eigenvalue weighted by Gasteiger charge is -2.19. The average Bonchev–Trinajstić information content (AvgIpc) is 2.48. The Kier molecular flexibility index (Phi) is 4.90. The van der Waals surface area contributed by atoms with Crippen LogP contribution in [0.15, 0.2) is 46.9 Å². The molecule has 0 aromatic heterocycles. The molecule has 0 aliphatic heterocycles. The van der Waals surface area contributed by atoms with Crippen LogP contribution < -0.4 is 10.4 Å². The molecule has 0 bridgehead atoms. The summed E-state index contributed by atoms with van der Waals surface area (Å²) in [5.74, 6) is -1.71. The number of rotatable bonds is 3. The van der Waals surface area contributed by atoms with Crippen molar-refractivity contribution in [2.75, 3.05) is 5.32 Å². The number of carboxylic acids is 1. The van der Waals surface area contributed by atoms with E-state index in [-0.39, 0.29) is 22.6 Å². The highest BCUT2D eigenvalue weighted by atomic mass is 79.9. The number of carboxylic acid groups (broad SMARTS) is 1. The number of halogens is 1. The minimum absolute atomic E-state index is 0.00284. The number of benzene rings is 2. The highest BCUT2D eigenvalue weighted by Crippen LogP contribution is 2.24. The van der Waals surface area contributed by atoms with Gasteiger partial charge in [-0.25, -0.2) is 0 Å². The summed E-state index contributed by atoms with van der Waals surface area (Å²) in [5.41, 5.74) is 1.72. The zero-order valence-electron chi connectivity index (χ0n) is 13.1. The smallest absolute Gasteiger partial charge is 0.255 e. The maximum absolute atomic E-state index is 12.3. The molecule has 0 aliphatic carbocycles. The van der Waals surface area contributed by atoms with Gasteiger partial charge in [0, 0.05) is 15.6 Å². The lowest BCUT2D eigenvalue weighted by Crippen LogP contribution is -2.25. The van der Waals surface area contributed by atoms with Gasteiger partial charge in [-0.15, -0.1) is 0 Å². The summed E-state index contributed by atoms with van der Waals surface area (Å²) < 4.78 is 0.601. The SMILES string of the molecule is CC(C)(C)c1ccc(C(=O)Nc2ccc(Br)cc2C(=O)[O-])cc1. The quantitative estimate of drug-likeness (QED) is 0.895. The first-order valence-corrected chi connectivity index (χ1v) is 7.90. The molecule has 4 nitrogen and oxygen atoms in total. The van der Waals surface area contributed by atoms with Crippen molar-refractivity contribution < 1.29 is 14.7 Å². The van der Waals surface area contributed by atoms with E-state index < -0.39 is 5.97 Å². The second kappa shape index (κ2) is 6.54. The summed E-state index contributed by atoms with van der Waals surface area (Å²) in [4.78, 5) is 23.5. The lowest BCUT2D eigenvalue weighted by molar-refractivity contribution is -0.254. The van der Waals surface area contributed by atoms with Crippen molar-refractivity contribution in [3.05, 3.63) is 63.6 Å². The van der Waals surface area contributed by atoms with Gasteiger partial charge in [0.15, 0.2) is 0 Å². The maximum atomic E-state index is 12.3. The lowest BCUT2D eigenvalue weighted by atomic mass is 9.87. The van der Waals surface area contributed by atoms with E-state index in [0.717, 1.165) is 5.56 Å². The van der Waals surface area contributed by atoms with Crippen LogP contribution in [0.1, 0.15) is 47.1 Å². The summed E-state index contributed by atoms with van der Waals surface area (Å²) in [6.07, 6.45) is 0. The van der Waals surface area contributed by atoms with Crippen LogP contribution in [0.5, 0.6) is 0 Å². The van der Waals surface area contributed by atoms with Gasteiger partial charge in [0.05, 0.1) is 11.7 Å². The molecule has 1 amide bonds. The molecule has 23 heavy (non-hydrogen) atoms. The molecule has 2 aromatic rings. The van der Waals surface area contributed by atoms with E-state index in [1.807, 2.05) is 12.1 Å². The van der Waals surface area contributed by atoms with Crippen molar-refractivity contribution >= 4 is 33.5 Å². The summed E-state index contributed by atoms with van der Waals surface area (Å²) in [6, 6.07) is 11.8. The molecule has 0 heterocycles. The molecule has 0 atom stereocenters. The van der Waals surface area contributed by atoms with E-state index in [0.29, 0.717) is 10.0 Å². The molecule has 0 saturated carbocycles.